The fourth-order valence-electron chi connectivity index (χ4n) is 11.7. The maximum Gasteiger partial charge on any atom is 0.180 e. The predicted octanol–water partition coefficient (Wildman–Crippen LogP) is 9.89. The molecule has 3 heteroatoms. The molecule has 0 N–H and O–H groups in total. The Labute approximate surface area is 386 Å². The van der Waals surface area contributed by atoms with Crippen molar-refractivity contribution in [3.8, 4) is 5.69 Å². The van der Waals surface area contributed by atoms with Gasteiger partial charge >= 0.3 is 0 Å². The topological polar surface area (TPSA) is 4.93 Å². The summed E-state index contributed by atoms with van der Waals surface area (Å²) < 4.78 is 2.56. The van der Waals surface area contributed by atoms with Gasteiger partial charge < -0.3 is 4.57 Å². The van der Waals surface area contributed by atoms with Gasteiger partial charge in [-0.1, -0.05) is 240 Å². The smallest absolute Gasteiger partial charge is 0.180 e. The van der Waals surface area contributed by atoms with Crippen molar-refractivity contribution in [2.75, 3.05) is 0 Å². The summed E-state index contributed by atoms with van der Waals surface area (Å²) in [4.78, 5) is 0. The Bertz CT molecular complexity index is 3160. The summed E-state index contributed by atoms with van der Waals surface area (Å²) in [5.41, 5.74) is 6.83. The van der Waals surface area contributed by atoms with Gasteiger partial charge in [-0.25, -0.2) is 0 Å². The molecule has 0 unspecified atom stereocenters. The summed E-state index contributed by atoms with van der Waals surface area (Å²) >= 11 is 0. The van der Waals surface area contributed by atoms with Gasteiger partial charge in [0, 0.05) is 16.5 Å². The minimum absolute atomic E-state index is 0.0781. The fraction of sp³-hybridized carbons (Fsp3) is 0.129. The predicted molar refractivity (Wildman–Crippen MR) is 283 cm³/mol. The molecule has 0 saturated heterocycles. The number of para-hydroxylation sites is 1. The lowest BCUT2D eigenvalue weighted by Gasteiger charge is -2.43. The van der Waals surface area contributed by atoms with E-state index in [4.69, 9.17) is 0 Å². The van der Waals surface area contributed by atoms with Crippen LogP contribution in [0.15, 0.2) is 237 Å². The average molecular weight is 870 g/mol. The Balaban J connectivity index is 1.22. The second-order valence-corrected chi connectivity index (χ2v) is 27.0. The quantitative estimate of drug-likeness (QED) is 0.101. The average Bonchev–Trinajstić information content (AvgIpc) is 3.70. The third kappa shape index (κ3) is 6.47. The molecule has 0 atom stereocenters. The molecular formula is C62H55NSi2. The minimum atomic E-state index is -2.93. The van der Waals surface area contributed by atoms with Crippen LogP contribution in [-0.4, -0.2) is 20.7 Å². The lowest BCUT2D eigenvalue weighted by atomic mass is 9.63. The summed E-state index contributed by atoms with van der Waals surface area (Å²) in [7, 11) is -5.81. The van der Waals surface area contributed by atoms with Crippen LogP contribution in [0.1, 0.15) is 51.7 Å². The fourth-order valence-corrected chi connectivity index (χ4v) is 21.5. The Kier molecular flexibility index (Phi) is 10.1. The first-order valence-corrected chi connectivity index (χ1v) is 27.3. The van der Waals surface area contributed by atoms with E-state index >= 15 is 0 Å². The zero-order chi connectivity index (χ0) is 44.2. The first-order chi connectivity index (χ1) is 31.7. The van der Waals surface area contributed by atoms with Crippen molar-refractivity contribution in [1.29, 1.82) is 0 Å². The molecule has 316 valence electrons. The summed E-state index contributed by atoms with van der Waals surface area (Å²) in [5.74, 6) is 0. The number of rotatable bonds is 9. The van der Waals surface area contributed by atoms with Crippen molar-refractivity contribution in [3.63, 3.8) is 0 Å². The maximum atomic E-state index is 2.64. The van der Waals surface area contributed by atoms with E-state index in [1.807, 2.05) is 0 Å². The third-order valence-electron chi connectivity index (χ3n) is 15.0. The lowest BCUT2D eigenvalue weighted by molar-refractivity contribution is 0.332. The van der Waals surface area contributed by atoms with Gasteiger partial charge in [-0.15, -0.1) is 0 Å². The molecular weight excluding hydrogens is 815 g/mol. The molecule has 1 aliphatic carbocycles. The molecule has 11 rings (SSSR count). The molecule has 1 nitrogen and oxygen atoms in total. The normalized spacial score (nSPS) is 14.6. The van der Waals surface area contributed by atoms with E-state index in [-0.39, 0.29) is 10.8 Å². The van der Waals surface area contributed by atoms with Gasteiger partial charge in [0.2, 0.25) is 0 Å². The Morgan fingerprint density at radius 3 is 1.29 bits per heavy atom. The van der Waals surface area contributed by atoms with E-state index in [1.54, 1.807) is 0 Å². The summed E-state index contributed by atoms with van der Waals surface area (Å²) in [5, 5.41) is 13.7. The highest BCUT2D eigenvalue weighted by Crippen LogP contribution is 2.45. The van der Waals surface area contributed by atoms with Crippen LogP contribution in [0.2, 0.25) is 0 Å². The Morgan fingerprint density at radius 2 is 0.754 bits per heavy atom. The molecule has 1 heterocycles. The van der Waals surface area contributed by atoms with Crippen molar-refractivity contribution in [2.45, 2.75) is 51.4 Å². The maximum absolute atomic E-state index is 2.93. The number of nitrogens with zero attached hydrogens (tertiary/aromatic N) is 1. The molecule has 0 saturated carbocycles. The number of hydrogen-bond donors (Lipinski definition) is 0. The van der Waals surface area contributed by atoms with E-state index in [2.05, 4.69) is 269 Å². The Hall–Kier alpha value is -6.79. The summed E-state index contributed by atoms with van der Waals surface area (Å²) in [6, 6.07) is 90.4. The summed E-state index contributed by atoms with van der Waals surface area (Å²) in [6.45, 7) is 9.79. The molecule has 65 heavy (non-hydrogen) atoms. The number of hydrogen-bond acceptors (Lipinski definition) is 0. The van der Waals surface area contributed by atoms with Gasteiger partial charge in [-0.2, -0.15) is 0 Å². The monoisotopic (exact) mass is 869 g/mol. The molecule has 1 aliphatic rings. The molecule has 0 aliphatic heterocycles. The van der Waals surface area contributed by atoms with Crippen molar-refractivity contribution >= 4 is 79.4 Å². The highest BCUT2D eigenvalue weighted by atomic mass is 28.3. The van der Waals surface area contributed by atoms with Crippen LogP contribution in [0.5, 0.6) is 0 Å². The standard InChI is InChI=1S/C62H55NSi2/c1-61(2)42-43-62(3,4)56-45-53(40-41-55(56)61)64(47-25-10-5-11-26-47,48-27-12-6-13-28-48)52-35-22-24-46(44-52)63-57-37-21-20-36-54(57)60-58(63)38-23-39-59(60)65(49-29-14-7-15-30-49,50-31-16-8-17-32-50)51-33-18-9-19-34-51/h5-41,44-45H,42-43H2,1-4H3. The zero-order valence-corrected chi connectivity index (χ0v) is 39.9. The molecule has 0 fully saturated rings. The molecule has 0 radical (unpaired) electrons. The van der Waals surface area contributed by atoms with Crippen molar-refractivity contribution in [3.05, 3.63) is 248 Å². The van der Waals surface area contributed by atoms with Crippen molar-refractivity contribution in [2.24, 2.45) is 0 Å². The first-order valence-electron chi connectivity index (χ1n) is 23.3. The van der Waals surface area contributed by atoms with Crippen LogP contribution in [0.25, 0.3) is 27.5 Å². The second kappa shape index (κ2) is 16.0. The molecule has 0 amide bonds. The third-order valence-corrected chi connectivity index (χ3v) is 24.5. The van der Waals surface area contributed by atoms with Crippen molar-refractivity contribution in [1.82, 2.24) is 4.57 Å². The van der Waals surface area contributed by atoms with E-state index in [9.17, 15) is 0 Å². The van der Waals surface area contributed by atoms with Crippen LogP contribution >= 0.6 is 0 Å². The molecule has 10 aromatic rings. The van der Waals surface area contributed by atoms with Gasteiger partial charge in [-0.3, -0.25) is 0 Å². The highest BCUT2D eigenvalue weighted by molar-refractivity contribution is 7.21. The van der Waals surface area contributed by atoms with Gasteiger partial charge in [0.25, 0.3) is 0 Å². The highest BCUT2D eigenvalue weighted by Gasteiger charge is 2.46. The van der Waals surface area contributed by atoms with Gasteiger partial charge in [-0.05, 0) is 101 Å². The van der Waals surface area contributed by atoms with E-state index in [0.29, 0.717) is 0 Å². The van der Waals surface area contributed by atoms with Crippen LogP contribution in [0.3, 0.4) is 0 Å². The van der Waals surface area contributed by atoms with E-state index in [0.717, 1.165) is 0 Å². The molecule has 0 bridgehead atoms. The van der Waals surface area contributed by atoms with E-state index < -0.39 is 16.1 Å². The van der Waals surface area contributed by atoms with Crippen LogP contribution in [0, 0.1) is 0 Å². The first kappa shape index (κ1) is 41.0. The molecule has 1 aromatic heterocycles. The summed E-state index contributed by atoms with van der Waals surface area (Å²) in [6.07, 6.45) is 2.37. The van der Waals surface area contributed by atoms with Crippen LogP contribution < -0.4 is 41.5 Å². The van der Waals surface area contributed by atoms with E-state index in [1.165, 1.54) is 93.0 Å². The van der Waals surface area contributed by atoms with Gasteiger partial charge in [0.15, 0.2) is 16.1 Å². The SMILES string of the molecule is CC1(C)CCC(C)(C)c2cc([Si](c3ccccc3)(c3ccccc3)c3cccc(-n4c5ccccc5c5c([Si](c6ccccc6)(c6ccccc6)c6ccccc6)cccc54)c3)ccc21. The van der Waals surface area contributed by atoms with Gasteiger partial charge in [0.05, 0.1) is 11.0 Å². The number of benzene rings is 9. The molecule has 0 spiro atoms. The largest absolute Gasteiger partial charge is 0.309 e. The number of aromatic nitrogens is 1. The van der Waals surface area contributed by atoms with Gasteiger partial charge in [0.1, 0.15) is 0 Å². The number of fused-ring (bicyclic) bond motifs is 4. The lowest BCUT2D eigenvalue weighted by Crippen LogP contribution is -2.75. The zero-order valence-electron chi connectivity index (χ0n) is 37.9. The molecule has 9 aromatic carbocycles. The van der Waals surface area contributed by atoms with Crippen LogP contribution in [-0.2, 0) is 10.8 Å². The van der Waals surface area contributed by atoms with Crippen LogP contribution in [0.4, 0.5) is 0 Å². The minimum Gasteiger partial charge on any atom is -0.309 e. The second-order valence-electron chi connectivity index (χ2n) is 19.5. The Morgan fingerprint density at radius 1 is 0.338 bits per heavy atom. The van der Waals surface area contributed by atoms with Crippen molar-refractivity contribution < 1.29 is 0 Å².